The Morgan fingerprint density at radius 2 is 2.04 bits per heavy atom. The minimum absolute atomic E-state index is 0.0244. The average Bonchev–Trinajstić information content (AvgIpc) is 2.96. The molecule has 3 aliphatic heterocycles. The summed E-state index contributed by atoms with van der Waals surface area (Å²) in [5.41, 5.74) is 2.19. The van der Waals surface area contributed by atoms with Gasteiger partial charge >= 0.3 is 5.97 Å². The number of fused-ring (bicyclic) bond motifs is 1. The van der Waals surface area contributed by atoms with E-state index >= 15 is 0 Å². The van der Waals surface area contributed by atoms with Gasteiger partial charge in [-0.2, -0.15) is 5.26 Å². The first-order valence-electron chi connectivity index (χ1n) is 10.2. The fourth-order valence-electron chi connectivity index (χ4n) is 5.06. The van der Waals surface area contributed by atoms with Gasteiger partial charge in [0.2, 0.25) is 5.91 Å². The summed E-state index contributed by atoms with van der Waals surface area (Å²) in [6.07, 6.45) is 2.21. The quantitative estimate of drug-likeness (QED) is 0.734. The number of carbonyl (C=O) groups is 2. The molecule has 2 fully saturated rings. The third-order valence-corrected chi connectivity index (χ3v) is 6.82. The first kappa shape index (κ1) is 18.9. The van der Waals surface area contributed by atoms with E-state index in [0.29, 0.717) is 18.7 Å². The lowest BCUT2D eigenvalue weighted by molar-refractivity contribution is -0.158. The Labute approximate surface area is 166 Å². The zero-order valence-electron chi connectivity index (χ0n) is 16.6. The first-order valence-corrected chi connectivity index (χ1v) is 10.2. The van der Waals surface area contributed by atoms with Crippen LogP contribution in [0.2, 0.25) is 0 Å². The Morgan fingerprint density at radius 3 is 2.71 bits per heavy atom. The molecule has 1 aromatic carbocycles. The molecule has 3 heterocycles. The molecule has 0 bridgehead atoms. The smallest absolute Gasteiger partial charge is 0.310 e. The molecule has 2 saturated heterocycles. The van der Waals surface area contributed by atoms with Gasteiger partial charge in [0.05, 0.1) is 23.5 Å². The Morgan fingerprint density at radius 1 is 1.29 bits per heavy atom. The van der Waals surface area contributed by atoms with Crippen LogP contribution in [-0.2, 0) is 27.3 Å². The number of nitrogens with zero attached hydrogens (tertiary/aromatic N) is 3. The van der Waals surface area contributed by atoms with Gasteiger partial charge in [-0.15, -0.1) is 0 Å². The summed E-state index contributed by atoms with van der Waals surface area (Å²) in [4.78, 5) is 30.2. The van der Waals surface area contributed by atoms with Crippen LogP contribution in [0.15, 0.2) is 18.2 Å². The molecular formula is C22H27N3O3. The van der Waals surface area contributed by atoms with Crippen molar-refractivity contribution in [2.24, 2.45) is 11.8 Å². The predicted octanol–water partition coefficient (Wildman–Crippen LogP) is 2.11. The number of hydrogen-bond acceptors (Lipinski definition) is 5. The molecular weight excluding hydrogens is 354 g/mol. The van der Waals surface area contributed by atoms with Crippen molar-refractivity contribution in [3.8, 4) is 6.07 Å². The monoisotopic (exact) mass is 381 g/mol. The van der Waals surface area contributed by atoms with E-state index in [1.54, 1.807) is 0 Å². The average molecular weight is 381 g/mol. The largest absolute Gasteiger partial charge is 0.458 e. The van der Waals surface area contributed by atoms with Gasteiger partial charge in [-0.3, -0.25) is 9.59 Å². The molecule has 0 radical (unpaired) electrons. The van der Waals surface area contributed by atoms with Crippen LogP contribution < -0.4 is 0 Å². The number of piperidine rings is 1. The lowest BCUT2D eigenvalue weighted by Gasteiger charge is -2.42. The second-order valence-electron chi connectivity index (χ2n) is 8.29. The van der Waals surface area contributed by atoms with Crippen LogP contribution in [-0.4, -0.2) is 53.5 Å². The topological polar surface area (TPSA) is 73.6 Å². The van der Waals surface area contributed by atoms with Gasteiger partial charge in [-0.1, -0.05) is 19.9 Å². The molecule has 1 amide bonds. The van der Waals surface area contributed by atoms with Crippen molar-refractivity contribution in [1.29, 1.82) is 5.26 Å². The maximum absolute atomic E-state index is 13.6. The predicted molar refractivity (Wildman–Crippen MR) is 103 cm³/mol. The zero-order chi connectivity index (χ0) is 19.9. The number of amides is 1. The number of benzene rings is 1. The van der Waals surface area contributed by atoms with Crippen molar-refractivity contribution >= 4 is 11.9 Å². The second kappa shape index (κ2) is 7.21. The van der Waals surface area contributed by atoms with Crippen molar-refractivity contribution in [1.82, 2.24) is 9.80 Å². The fourth-order valence-corrected chi connectivity index (χ4v) is 5.06. The van der Waals surface area contributed by atoms with E-state index in [1.807, 2.05) is 30.0 Å². The third-order valence-electron chi connectivity index (χ3n) is 6.82. The Bertz CT molecular complexity index is 836. The van der Waals surface area contributed by atoms with Gasteiger partial charge < -0.3 is 14.5 Å². The van der Waals surface area contributed by atoms with Gasteiger partial charge in [-0.25, -0.2) is 0 Å². The summed E-state index contributed by atoms with van der Waals surface area (Å²) in [6.45, 7) is 7.79. The normalized spacial score (nSPS) is 26.6. The minimum Gasteiger partial charge on any atom is -0.458 e. The second-order valence-corrected chi connectivity index (χ2v) is 8.29. The van der Waals surface area contributed by atoms with Crippen molar-refractivity contribution in [3.05, 3.63) is 34.9 Å². The highest BCUT2D eigenvalue weighted by molar-refractivity contribution is 5.89. The van der Waals surface area contributed by atoms with Gasteiger partial charge in [-0.05, 0) is 36.2 Å². The van der Waals surface area contributed by atoms with Gasteiger partial charge in [0.15, 0.2) is 0 Å². The molecule has 28 heavy (non-hydrogen) atoms. The number of nitriles is 1. The lowest BCUT2D eigenvalue weighted by Crippen LogP contribution is -2.53. The molecule has 6 heteroatoms. The van der Waals surface area contributed by atoms with Crippen molar-refractivity contribution in [3.63, 3.8) is 0 Å². The molecule has 6 nitrogen and oxygen atoms in total. The fraction of sp³-hybridized carbons (Fsp3) is 0.591. The molecule has 2 atom stereocenters. The minimum atomic E-state index is -0.659. The molecule has 4 rings (SSSR count). The standard InChI is InChI=1S/C22H27N3O3/c1-3-24-10-7-22(8-11-24)19(15(2)21(27)28-22)20(26)25-9-6-17-5-4-16(13-23)12-18(17)14-25/h4-5,12,15,19H,3,6-11,14H2,1-2H3. The third kappa shape index (κ3) is 3.08. The molecule has 3 aliphatic rings. The highest BCUT2D eigenvalue weighted by atomic mass is 16.6. The summed E-state index contributed by atoms with van der Waals surface area (Å²) in [6, 6.07) is 7.87. The van der Waals surface area contributed by atoms with E-state index in [-0.39, 0.29) is 11.9 Å². The van der Waals surface area contributed by atoms with E-state index < -0.39 is 17.4 Å². The van der Waals surface area contributed by atoms with E-state index in [0.717, 1.165) is 44.5 Å². The van der Waals surface area contributed by atoms with Gasteiger partial charge in [0, 0.05) is 39.0 Å². The van der Waals surface area contributed by atoms with Gasteiger partial charge in [0.25, 0.3) is 0 Å². The molecule has 1 spiro atoms. The molecule has 0 saturated carbocycles. The summed E-state index contributed by atoms with van der Waals surface area (Å²) in [5.74, 6) is -1.05. The zero-order valence-corrected chi connectivity index (χ0v) is 16.6. The lowest BCUT2D eigenvalue weighted by atomic mass is 9.74. The first-order chi connectivity index (χ1) is 13.5. The van der Waals surface area contributed by atoms with Crippen LogP contribution in [0.4, 0.5) is 0 Å². The highest BCUT2D eigenvalue weighted by Crippen LogP contribution is 2.45. The summed E-state index contributed by atoms with van der Waals surface area (Å²) in [5, 5.41) is 9.17. The number of ether oxygens (including phenoxy) is 1. The number of hydrogen-bond donors (Lipinski definition) is 0. The molecule has 2 unspecified atom stereocenters. The summed E-state index contributed by atoms with van der Waals surface area (Å²) >= 11 is 0. The van der Waals surface area contributed by atoms with Crippen molar-refractivity contribution < 1.29 is 14.3 Å². The van der Waals surface area contributed by atoms with E-state index in [4.69, 9.17) is 10.00 Å². The molecule has 0 N–H and O–H groups in total. The van der Waals surface area contributed by atoms with Crippen LogP contribution in [0, 0.1) is 23.2 Å². The molecule has 148 valence electrons. The Kier molecular flexibility index (Phi) is 4.88. The van der Waals surface area contributed by atoms with Crippen LogP contribution in [0.3, 0.4) is 0 Å². The highest BCUT2D eigenvalue weighted by Gasteiger charge is 2.58. The van der Waals surface area contributed by atoms with E-state index in [2.05, 4.69) is 17.9 Å². The number of carbonyl (C=O) groups excluding carboxylic acids is 2. The van der Waals surface area contributed by atoms with Crippen LogP contribution >= 0.6 is 0 Å². The Hall–Kier alpha value is -2.39. The summed E-state index contributed by atoms with van der Waals surface area (Å²) < 4.78 is 5.87. The maximum atomic E-state index is 13.6. The van der Waals surface area contributed by atoms with E-state index in [1.165, 1.54) is 5.56 Å². The molecule has 0 aliphatic carbocycles. The molecule has 0 aromatic heterocycles. The van der Waals surface area contributed by atoms with Crippen molar-refractivity contribution in [2.45, 2.75) is 45.3 Å². The van der Waals surface area contributed by atoms with Crippen LogP contribution in [0.25, 0.3) is 0 Å². The van der Waals surface area contributed by atoms with Crippen LogP contribution in [0.5, 0.6) is 0 Å². The number of likely N-dealkylation sites (tertiary alicyclic amines) is 1. The Balaban J connectivity index is 1.57. The van der Waals surface area contributed by atoms with E-state index in [9.17, 15) is 9.59 Å². The maximum Gasteiger partial charge on any atom is 0.310 e. The van der Waals surface area contributed by atoms with Crippen LogP contribution in [0.1, 0.15) is 43.4 Å². The molecule has 1 aromatic rings. The number of esters is 1. The number of rotatable bonds is 2. The van der Waals surface area contributed by atoms with Gasteiger partial charge in [0.1, 0.15) is 5.60 Å². The SMILES string of the molecule is CCN1CCC2(CC1)OC(=O)C(C)C2C(=O)N1CCc2ccc(C#N)cc2C1. The summed E-state index contributed by atoms with van der Waals surface area (Å²) in [7, 11) is 0. The van der Waals surface area contributed by atoms with Crippen molar-refractivity contribution in [2.75, 3.05) is 26.2 Å².